The maximum Gasteiger partial charge on any atom is 0.415 e. The molecule has 0 aliphatic carbocycles. The van der Waals surface area contributed by atoms with Crippen LogP contribution in [0.2, 0.25) is 0 Å². The summed E-state index contributed by atoms with van der Waals surface area (Å²) in [5.41, 5.74) is 3.83. The van der Waals surface area contributed by atoms with E-state index in [0.29, 0.717) is 5.56 Å². The number of nitrogens with one attached hydrogen (secondary N) is 1. The van der Waals surface area contributed by atoms with Gasteiger partial charge in [0, 0.05) is 0 Å². The van der Waals surface area contributed by atoms with Gasteiger partial charge in [-0.05, 0) is 44.4 Å². The second kappa shape index (κ2) is 14.8. The van der Waals surface area contributed by atoms with Crippen LogP contribution in [0.15, 0.2) is 48.8 Å². The number of benzene rings is 1. The summed E-state index contributed by atoms with van der Waals surface area (Å²) in [6.45, 7) is 7.23. The standard InChI is InChI=1S/C32H38N6O10/c1-18(2)24(34)28(41)47-25-21(14-44-23(39)13-19-9-7-6-8-10-19)48-32(15-33,26(25)40)22-12-11-20-27(35-16-36-38(20)22)37-30(43)46-17-45-29(42)31(3,4)5/h6-12,16,18,21,24-26,40H,13-14,17,34H2,1-5H3,(H,35,36,37,43)/t21-,24+,25-,26-,32+/m1/s1. The third-order valence-corrected chi connectivity index (χ3v) is 7.49. The summed E-state index contributed by atoms with van der Waals surface area (Å²) in [6.07, 6.45) is -4.57. The van der Waals surface area contributed by atoms with Gasteiger partial charge in [-0.1, -0.05) is 44.2 Å². The van der Waals surface area contributed by atoms with E-state index in [1.165, 1.54) is 16.6 Å². The van der Waals surface area contributed by atoms with Gasteiger partial charge in [-0.3, -0.25) is 19.7 Å². The minimum Gasteiger partial charge on any atom is -0.463 e. The molecule has 16 heteroatoms. The Balaban J connectivity index is 1.58. The zero-order valence-corrected chi connectivity index (χ0v) is 27.1. The van der Waals surface area contributed by atoms with Gasteiger partial charge in [0.05, 0.1) is 17.5 Å². The summed E-state index contributed by atoms with van der Waals surface area (Å²) in [6, 6.07) is 12.6. The molecular formula is C32H38N6O10. The SMILES string of the molecule is CC(C)[C@H](N)C(=O)O[C@H]1[C@@H](O)[C@](C#N)(c2ccc3c(NC(=O)OCOC(=O)C(C)(C)C)ncnn23)O[C@@H]1COC(=O)Cc1ccccc1. The molecule has 2 aromatic heterocycles. The molecule has 1 fully saturated rings. The first-order valence-corrected chi connectivity index (χ1v) is 15.0. The van der Waals surface area contributed by atoms with Crippen molar-refractivity contribution in [2.75, 3.05) is 18.7 Å². The highest BCUT2D eigenvalue weighted by molar-refractivity contribution is 5.88. The predicted octanol–water partition coefficient (Wildman–Crippen LogP) is 1.98. The molecule has 4 N–H and O–H groups in total. The summed E-state index contributed by atoms with van der Waals surface area (Å²) >= 11 is 0. The molecule has 256 valence electrons. The minimum absolute atomic E-state index is 0.0160. The van der Waals surface area contributed by atoms with Crippen molar-refractivity contribution in [3.05, 3.63) is 60.0 Å². The molecule has 1 aliphatic rings. The number of aromatic nitrogens is 3. The van der Waals surface area contributed by atoms with Crippen LogP contribution in [0.5, 0.6) is 0 Å². The van der Waals surface area contributed by atoms with E-state index in [4.69, 9.17) is 29.4 Å². The highest BCUT2D eigenvalue weighted by Gasteiger charge is 2.60. The number of hydrogen-bond donors (Lipinski definition) is 3. The Morgan fingerprint density at radius 1 is 1.12 bits per heavy atom. The molecule has 0 bridgehead atoms. The zero-order valence-electron chi connectivity index (χ0n) is 27.1. The van der Waals surface area contributed by atoms with Crippen molar-refractivity contribution in [3.63, 3.8) is 0 Å². The second-order valence-corrected chi connectivity index (χ2v) is 12.4. The second-order valence-electron chi connectivity index (χ2n) is 12.4. The normalized spacial score (nSPS) is 21.3. The number of aliphatic hydroxyl groups is 1. The number of ether oxygens (including phenoxy) is 5. The van der Waals surface area contributed by atoms with E-state index in [1.54, 1.807) is 65.0 Å². The monoisotopic (exact) mass is 666 g/mol. The van der Waals surface area contributed by atoms with Gasteiger partial charge < -0.3 is 34.5 Å². The molecule has 0 radical (unpaired) electrons. The van der Waals surface area contributed by atoms with Gasteiger partial charge in [0.2, 0.25) is 12.4 Å². The highest BCUT2D eigenvalue weighted by Crippen LogP contribution is 2.42. The van der Waals surface area contributed by atoms with Crippen LogP contribution in [-0.2, 0) is 50.1 Å². The molecule has 1 amide bonds. The Morgan fingerprint density at radius 2 is 1.83 bits per heavy atom. The molecule has 0 unspecified atom stereocenters. The lowest BCUT2D eigenvalue weighted by atomic mass is 9.92. The van der Waals surface area contributed by atoms with Gasteiger partial charge in [0.15, 0.2) is 11.9 Å². The number of nitriles is 1. The Kier molecular flexibility index (Phi) is 11.0. The zero-order chi connectivity index (χ0) is 35.2. The Hall–Kier alpha value is -5.11. The summed E-state index contributed by atoms with van der Waals surface area (Å²) in [4.78, 5) is 54.0. The van der Waals surface area contributed by atoms with Gasteiger partial charge in [-0.2, -0.15) is 10.4 Å². The number of rotatable bonds is 11. The first kappa shape index (κ1) is 35.7. The fourth-order valence-corrected chi connectivity index (χ4v) is 4.71. The van der Waals surface area contributed by atoms with E-state index in [2.05, 4.69) is 15.4 Å². The molecule has 0 saturated carbocycles. The molecule has 0 spiro atoms. The predicted molar refractivity (Wildman–Crippen MR) is 165 cm³/mol. The minimum atomic E-state index is -2.21. The van der Waals surface area contributed by atoms with E-state index < -0.39 is 72.8 Å². The number of hydrogen-bond acceptors (Lipinski definition) is 14. The van der Waals surface area contributed by atoms with Crippen molar-refractivity contribution in [2.45, 2.75) is 71.0 Å². The largest absolute Gasteiger partial charge is 0.463 e. The van der Waals surface area contributed by atoms with Crippen molar-refractivity contribution in [2.24, 2.45) is 17.1 Å². The van der Waals surface area contributed by atoms with Crippen molar-refractivity contribution in [3.8, 4) is 6.07 Å². The average Bonchev–Trinajstić information content (AvgIpc) is 3.59. The fourth-order valence-electron chi connectivity index (χ4n) is 4.71. The summed E-state index contributed by atoms with van der Waals surface area (Å²) in [7, 11) is 0. The van der Waals surface area contributed by atoms with Crippen LogP contribution < -0.4 is 11.1 Å². The quantitative estimate of drug-likeness (QED) is 0.151. The van der Waals surface area contributed by atoms with E-state index in [9.17, 15) is 29.5 Å². The van der Waals surface area contributed by atoms with E-state index >= 15 is 0 Å². The smallest absolute Gasteiger partial charge is 0.415 e. The van der Waals surface area contributed by atoms with E-state index in [0.717, 1.165) is 6.33 Å². The molecular weight excluding hydrogens is 628 g/mol. The number of nitrogens with two attached hydrogens (primary N) is 1. The van der Waals surface area contributed by atoms with Crippen LogP contribution >= 0.6 is 0 Å². The van der Waals surface area contributed by atoms with Crippen molar-refractivity contribution in [1.29, 1.82) is 5.26 Å². The van der Waals surface area contributed by atoms with Crippen LogP contribution in [0.1, 0.15) is 45.9 Å². The maximum atomic E-state index is 12.9. The number of fused-ring (bicyclic) bond motifs is 1. The van der Waals surface area contributed by atoms with Crippen LogP contribution in [0.25, 0.3) is 5.52 Å². The highest BCUT2D eigenvalue weighted by atomic mass is 16.7. The lowest BCUT2D eigenvalue weighted by molar-refractivity contribution is -0.162. The number of amides is 1. The topological polar surface area (TPSA) is 227 Å². The molecule has 3 heterocycles. The fraction of sp³-hybridized carbons (Fsp3) is 0.469. The maximum absolute atomic E-state index is 12.9. The molecule has 4 rings (SSSR count). The lowest BCUT2D eigenvalue weighted by Crippen LogP contribution is -2.46. The van der Waals surface area contributed by atoms with Gasteiger partial charge >= 0.3 is 24.0 Å². The molecule has 1 aliphatic heterocycles. The molecule has 3 aromatic rings. The lowest BCUT2D eigenvalue weighted by Gasteiger charge is -2.25. The van der Waals surface area contributed by atoms with Crippen LogP contribution in [0, 0.1) is 22.7 Å². The Bertz CT molecular complexity index is 1680. The van der Waals surface area contributed by atoms with Crippen LogP contribution in [0.4, 0.5) is 10.6 Å². The van der Waals surface area contributed by atoms with E-state index in [1.807, 2.05) is 6.07 Å². The van der Waals surface area contributed by atoms with Crippen molar-refractivity contribution in [1.82, 2.24) is 14.6 Å². The molecule has 1 aromatic carbocycles. The number of esters is 3. The van der Waals surface area contributed by atoms with E-state index in [-0.39, 0.29) is 29.4 Å². The molecule has 16 nitrogen and oxygen atoms in total. The van der Waals surface area contributed by atoms with Gasteiger partial charge in [-0.25, -0.2) is 14.3 Å². The number of nitrogens with zero attached hydrogens (tertiary/aromatic N) is 4. The molecule has 1 saturated heterocycles. The Morgan fingerprint density at radius 3 is 2.48 bits per heavy atom. The summed E-state index contributed by atoms with van der Waals surface area (Å²) in [5, 5.41) is 28.6. The average molecular weight is 667 g/mol. The number of carbonyl (C=O) groups excluding carboxylic acids is 4. The summed E-state index contributed by atoms with van der Waals surface area (Å²) in [5.74, 6) is -2.41. The number of carbonyl (C=O) groups is 4. The third-order valence-electron chi connectivity index (χ3n) is 7.49. The van der Waals surface area contributed by atoms with Crippen molar-refractivity contribution >= 4 is 35.3 Å². The van der Waals surface area contributed by atoms with Gasteiger partial charge in [0.1, 0.15) is 42.8 Å². The van der Waals surface area contributed by atoms with Gasteiger partial charge in [0.25, 0.3) is 0 Å². The van der Waals surface area contributed by atoms with Crippen LogP contribution in [0.3, 0.4) is 0 Å². The third kappa shape index (κ3) is 7.88. The first-order valence-electron chi connectivity index (χ1n) is 15.0. The number of anilines is 1. The van der Waals surface area contributed by atoms with Crippen LogP contribution in [-0.4, -0.2) is 81.5 Å². The Labute approximate surface area is 276 Å². The van der Waals surface area contributed by atoms with Gasteiger partial charge in [-0.15, -0.1) is 0 Å². The number of aliphatic hydroxyl groups excluding tert-OH is 1. The van der Waals surface area contributed by atoms with Crippen molar-refractivity contribution < 1.29 is 48.0 Å². The molecule has 48 heavy (non-hydrogen) atoms. The summed E-state index contributed by atoms with van der Waals surface area (Å²) < 4.78 is 28.2. The first-order chi connectivity index (χ1) is 22.7. The molecule has 5 atom stereocenters.